The summed E-state index contributed by atoms with van der Waals surface area (Å²) in [6.07, 6.45) is 5.95. The predicted octanol–water partition coefficient (Wildman–Crippen LogP) is 1.89. The molecule has 18 heavy (non-hydrogen) atoms. The zero-order valence-electron chi connectivity index (χ0n) is 10.9. The van der Waals surface area contributed by atoms with Crippen molar-refractivity contribution in [3.05, 3.63) is 30.2 Å². The fraction of sp³-hybridized carbons (Fsp3) is 0.500. The van der Waals surface area contributed by atoms with Gasteiger partial charge < -0.3 is 14.6 Å². The summed E-state index contributed by atoms with van der Waals surface area (Å²) in [6, 6.07) is 4.16. The molecule has 0 bridgehead atoms. The molecule has 1 unspecified atom stereocenters. The van der Waals surface area contributed by atoms with Crippen LogP contribution in [0.1, 0.15) is 26.0 Å². The first-order chi connectivity index (χ1) is 8.68. The molecule has 1 aliphatic rings. The topological polar surface area (TPSA) is 45.5 Å². The van der Waals surface area contributed by atoms with E-state index in [4.69, 9.17) is 4.42 Å². The number of nitrogens with zero attached hydrogens (tertiary/aromatic N) is 1. The third-order valence-electron chi connectivity index (χ3n) is 3.17. The van der Waals surface area contributed by atoms with Crippen molar-refractivity contribution >= 4 is 12.0 Å². The molecule has 1 saturated heterocycles. The molecule has 1 aliphatic heterocycles. The number of hydrogen-bond acceptors (Lipinski definition) is 3. The van der Waals surface area contributed by atoms with Crippen molar-refractivity contribution < 1.29 is 9.21 Å². The van der Waals surface area contributed by atoms with Gasteiger partial charge in [0.2, 0.25) is 5.91 Å². The molecule has 4 nitrogen and oxygen atoms in total. The van der Waals surface area contributed by atoms with E-state index in [1.807, 2.05) is 17.0 Å². The van der Waals surface area contributed by atoms with Gasteiger partial charge in [-0.25, -0.2) is 0 Å². The molecule has 98 valence electrons. The van der Waals surface area contributed by atoms with Crippen LogP contribution in [0.4, 0.5) is 0 Å². The van der Waals surface area contributed by atoms with Gasteiger partial charge in [0.25, 0.3) is 0 Å². The van der Waals surface area contributed by atoms with Gasteiger partial charge in [-0.1, -0.05) is 0 Å². The number of carbonyl (C=O) groups excluding carboxylic acids is 1. The maximum absolute atomic E-state index is 12.2. The predicted molar refractivity (Wildman–Crippen MR) is 71.0 cm³/mol. The van der Waals surface area contributed by atoms with E-state index in [0.29, 0.717) is 11.8 Å². The normalized spacial score (nSPS) is 19.8. The first-order valence-corrected chi connectivity index (χ1v) is 6.43. The summed E-state index contributed by atoms with van der Waals surface area (Å²) in [6.45, 7) is 5.98. The first-order valence-electron chi connectivity index (χ1n) is 6.43. The highest BCUT2D eigenvalue weighted by atomic mass is 16.3. The smallest absolute Gasteiger partial charge is 0.247 e. The van der Waals surface area contributed by atoms with Crippen LogP contribution >= 0.6 is 0 Å². The summed E-state index contributed by atoms with van der Waals surface area (Å²) >= 11 is 0. The SMILES string of the molecule is CC(C)N(C(=O)/C=C/c1ccco1)C1CCNC1. The summed E-state index contributed by atoms with van der Waals surface area (Å²) in [5.41, 5.74) is 0. The molecular weight excluding hydrogens is 228 g/mol. The van der Waals surface area contributed by atoms with Crippen molar-refractivity contribution in [3.63, 3.8) is 0 Å². The minimum absolute atomic E-state index is 0.0510. The second kappa shape index (κ2) is 5.87. The maximum atomic E-state index is 12.2. The second-order valence-electron chi connectivity index (χ2n) is 4.83. The Labute approximate surface area is 108 Å². The van der Waals surface area contributed by atoms with E-state index in [9.17, 15) is 4.79 Å². The molecule has 1 fully saturated rings. The third kappa shape index (κ3) is 3.01. The summed E-state index contributed by atoms with van der Waals surface area (Å²) in [5, 5.41) is 3.30. The molecule has 1 aromatic rings. The summed E-state index contributed by atoms with van der Waals surface area (Å²) in [5.74, 6) is 0.756. The summed E-state index contributed by atoms with van der Waals surface area (Å²) < 4.78 is 5.18. The van der Waals surface area contributed by atoms with Gasteiger partial charge in [0.15, 0.2) is 0 Å². The van der Waals surface area contributed by atoms with E-state index in [1.54, 1.807) is 18.4 Å². The Bertz CT molecular complexity index is 403. The lowest BCUT2D eigenvalue weighted by molar-refractivity contribution is -0.129. The molecule has 0 spiro atoms. The number of furan rings is 1. The average Bonchev–Trinajstić information content (AvgIpc) is 2.99. The molecule has 1 amide bonds. The summed E-state index contributed by atoms with van der Waals surface area (Å²) in [7, 11) is 0. The van der Waals surface area contributed by atoms with Crippen molar-refractivity contribution in [2.24, 2.45) is 0 Å². The van der Waals surface area contributed by atoms with Crippen LogP contribution in [0, 0.1) is 0 Å². The number of amides is 1. The van der Waals surface area contributed by atoms with Gasteiger partial charge in [0.1, 0.15) is 5.76 Å². The third-order valence-corrected chi connectivity index (χ3v) is 3.17. The molecule has 0 aromatic carbocycles. The van der Waals surface area contributed by atoms with Crippen LogP contribution < -0.4 is 5.32 Å². The largest absolute Gasteiger partial charge is 0.465 e. The number of carbonyl (C=O) groups is 1. The second-order valence-corrected chi connectivity index (χ2v) is 4.83. The van der Waals surface area contributed by atoms with Crippen molar-refractivity contribution in [3.8, 4) is 0 Å². The Kier molecular flexibility index (Phi) is 4.20. The Hall–Kier alpha value is -1.55. The van der Waals surface area contributed by atoms with Crippen molar-refractivity contribution in [1.82, 2.24) is 10.2 Å². The van der Waals surface area contributed by atoms with Crippen LogP contribution in [-0.4, -0.2) is 36.0 Å². The molecule has 1 atom stereocenters. The summed E-state index contributed by atoms with van der Waals surface area (Å²) in [4.78, 5) is 14.2. The van der Waals surface area contributed by atoms with Crippen LogP contribution in [-0.2, 0) is 4.79 Å². The fourth-order valence-corrected chi connectivity index (χ4v) is 2.36. The Balaban J connectivity index is 2.04. The van der Waals surface area contributed by atoms with Crippen LogP contribution in [0.15, 0.2) is 28.9 Å². The van der Waals surface area contributed by atoms with Gasteiger partial charge in [0, 0.05) is 24.7 Å². The molecule has 0 saturated carbocycles. The van der Waals surface area contributed by atoms with Gasteiger partial charge in [-0.3, -0.25) is 4.79 Å². The maximum Gasteiger partial charge on any atom is 0.247 e. The first kappa shape index (κ1) is 12.9. The Morgan fingerprint density at radius 3 is 3.00 bits per heavy atom. The van der Waals surface area contributed by atoms with Gasteiger partial charge in [-0.2, -0.15) is 0 Å². The standard InChI is InChI=1S/C14H20N2O2/c1-11(2)16(12-7-8-15-10-12)14(17)6-5-13-4-3-9-18-13/h3-6,9,11-12,15H,7-8,10H2,1-2H3/b6-5+. The number of nitrogens with one attached hydrogen (secondary N) is 1. The lowest BCUT2D eigenvalue weighted by Crippen LogP contribution is -2.45. The van der Waals surface area contributed by atoms with E-state index < -0.39 is 0 Å². The van der Waals surface area contributed by atoms with Gasteiger partial charge in [0.05, 0.1) is 6.26 Å². The molecule has 1 N–H and O–H groups in total. The molecule has 2 rings (SSSR count). The van der Waals surface area contributed by atoms with E-state index in [-0.39, 0.29) is 11.9 Å². The van der Waals surface area contributed by atoms with E-state index in [2.05, 4.69) is 19.2 Å². The minimum atomic E-state index is 0.0510. The molecule has 0 radical (unpaired) electrons. The van der Waals surface area contributed by atoms with Crippen LogP contribution in [0.2, 0.25) is 0 Å². The van der Waals surface area contributed by atoms with Gasteiger partial charge in [-0.05, 0) is 45.0 Å². The van der Waals surface area contributed by atoms with Gasteiger partial charge >= 0.3 is 0 Å². The fourth-order valence-electron chi connectivity index (χ4n) is 2.36. The van der Waals surface area contributed by atoms with Crippen molar-refractivity contribution in [1.29, 1.82) is 0 Å². The highest BCUT2D eigenvalue weighted by Crippen LogP contribution is 2.14. The minimum Gasteiger partial charge on any atom is -0.465 e. The zero-order valence-corrected chi connectivity index (χ0v) is 10.9. The van der Waals surface area contributed by atoms with Gasteiger partial charge in [-0.15, -0.1) is 0 Å². The monoisotopic (exact) mass is 248 g/mol. The quantitative estimate of drug-likeness (QED) is 0.828. The Morgan fingerprint density at radius 1 is 1.61 bits per heavy atom. The molecule has 4 heteroatoms. The molecular formula is C14H20N2O2. The van der Waals surface area contributed by atoms with Crippen molar-refractivity contribution in [2.45, 2.75) is 32.4 Å². The van der Waals surface area contributed by atoms with Crippen LogP contribution in [0.3, 0.4) is 0 Å². The molecule has 1 aromatic heterocycles. The lowest BCUT2D eigenvalue weighted by Gasteiger charge is -2.31. The molecule has 2 heterocycles. The zero-order chi connectivity index (χ0) is 13.0. The number of rotatable bonds is 4. The van der Waals surface area contributed by atoms with E-state index >= 15 is 0 Å². The van der Waals surface area contributed by atoms with Crippen LogP contribution in [0.5, 0.6) is 0 Å². The van der Waals surface area contributed by atoms with E-state index in [1.165, 1.54) is 0 Å². The van der Waals surface area contributed by atoms with E-state index in [0.717, 1.165) is 19.5 Å². The molecule has 0 aliphatic carbocycles. The lowest BCUT2D eigenvalue weighted by atomic mass is 10.1. The van der Waals surface area contributed by atoms with Crippen LogP contribution in [0.25, 0.3) is 6.08 Å². The highest BCUT2D eigenvalue weighted by molar-refractivity contribution is 5.91. The highest BCUT2D eigenvalue weighted by Gasteiger charge is 2.27. The Morgan fingerprint density at radius 2 is 2.44 bits per heavy atom. The van der Waals surface area contributed by atoms with Crippen molar-refractivity contribution in [2.75, 3.05) is 13.1 Å². The number of hydrogen-bond donors (Lipinski definition) is 1. The average molecular weight is 248 g/mol.